The Balaban J connectivity index is 1.55. The van der Waals surface area contributed by atoms with Gasteiger partial charge < -0.3 is 14.7 Å². The highest BCUT2D eigenvalue weighted by Gasteiger charge is 2.38. The van der Waals surface area contributed by atoms with E-state index in [4.69, 9.17) is 0 Å². The second-order valence-electron chi connectivity index (χ2n) is 7.06. The molecule has 1 unspecified atom stereocenters. The number of carbonyl (C=O) groups is 1. The van der Waals surface area contributed by atoms with Gasteiger partial charge in [-0.2, -0.15) is 18.2 Å². The van der Waals surface area contributed by atoms with Crippen LogP contribution in [-0.2, 0) is 12.7 Å². The summed E-state index contributed by atoms with van der Waals surface area (Å²) < 4.78 is 41.9. The van der Waals surface area contributed by atoms with Crippen molar-refractivity contribution < 1.29 is 22.5 Å². The normalized spacial score (nSPS) is 12.7. The Morgan fingerprint density at radius 1 is 1.13 bits per heavy atom. The van der Waals surface area contributed by atoms with Crippen LogP contribution < -0.4 is 5.32 Å². The van der Waals surface area contributed by atoms with E-state index >= 15 is 0 Å². The fourth-order valence-electron chi connectivity index (χ4n) is 3.01. The molecule has 0 saturated carbocycles. The van der Waals surface area contributed by atoms with Gasteiger partial charge in [0.2, 0.25) is 5.82 Å². The zero-order valence-corrected chi connectivity index (χ0v) is 16.5. The average Bonchev–Trinajstić information content (AvgIpc) is 3.19. The van der Waals surface area contributed by atoms with Crippen LogP contribution in [0.2, 0.25) is 0 Å². The van der Waals surface area contributed by atoms with Gasteiger partial charge in [-0.05, 0) is 31.7 Å². The molecule has 1 atom stereocenters. The molecule has 30 heavy (non-hydrogen) atoms. The molecule has 0 bridgehead atoms. The van der Waals surface area contributed by atoms with Crippen molar-refractivity contribution in [3.63, 3.8) is 0 Å². The van der Waals surface area contributed by atoms with Gasteiger partial charge in [-0.15, -0.1) is 0 Å². The maximum absolute atomic E-state index is 12.6. The van der Waals surface area contributed by atoms with E-state index in [0.29, 0.717) is 17.7 Å². The predicted molar refractivity (Wildman–Crippen MR) is 104 cm³/mol. The Kier molecular flexibility index (Phi) is 6.51. The lowest BCUT2D eigenvalue weighted by Gasteiger charge is -2.22. The van der Waals surface area contributed by atoms with Crippen LogP contribution >= 0.6 is 0 Å². The molecule has 0 spiro atoms. The first-order valence-electron chi connectivity index (χ1n) is 9.27. The molecule has 0 fully saturated rings. The molecule has 158 valence electrons. The fourth-order valence-corrected chi connectivity index (χ4v) is 3.01. The lowest BCUT2D eigenvalue weighted by Crippen LogP contribution is -2.40. The van der Waals surface area contributed by atoms with Crippen LogP contribution in [0.3, 0.4) is 0 Å². The Morgan fingerprint density at radius 3 is 2.40 bits per heavy atom. The first-order chi connectivity index (χ1) is 14.2. The smallest absolute Gasteiger partial charge is 0.348 e. The molecule has 0 aliphatic carbocycles. The molecular formula is C21H21F3N4O2. The van der Waals surface area contributed by atoms with Crippen molar-refractivity contribution in [2.75, 3.05) is 13.6 Å². The van der Waals surface area contributed by atoms with E-state index in [1.54, 1.807) is 0 Å². The summed E-state index contributed by atoms with van der Waals surface area (Å²) in [6.45, 7) is 3.33. The quantitative estimate of drug-likeness (QED) is 0.628. The van der Waals surface area contributed by atoms with E-state index < -0.39 is 12.1 Å². The lowest BCUT2D eigenvalue weighted by atomic mass is 10.1. The minimum Gasteiger partial charge on any atom is -0.348 e. The predicted octanol–water partition coefficient (Wildman–Crippen LogP) is 4.01. The zero-order chi connectivity index (χ0) is 21.7. The van der Waals surface area contributed by atoms with Crippen molar-refractivity contribution in [1.29, 1.82) is 0 Å². The van der Waals surface area contributed by atoms with Crippen LogP contribution in [0.25, 0.3) is 11.4 Å². The minimum atomic E-state index is -4.70. The summed E-state index contributed by atoms with van der Waals surface area (Å²) in [4.78, 5) is 17.9. The molecule has 0 aliphatic rings. The molecule has 0 radical (unpaired) electrons. The van der Waals surface area contributed by atoms with Crippen LogP contribution in [0.5, 0.6) is 0 Å². The van der Waals surface area contributed by atoms with E-state index in [1.807, 2.05) is 44.3 Å². The van der Waals surface area contributed by atoms with Crippen molar-refractivity contribution >= 4 is 5.91 Å². The van der Waals surface area contributed by atoms with Crippen LogP contribution in [0.1, 0.15) is 28.7 Å². The monoisotopic (exact) mass is 418 g/mol. The Bertz CT molecular complexity index is 972. The van der Waals surface area contributed by atoms with E-state index in [1.165, 1.54) is 29.8 Å². The Hall–Kier alpha value is -3.20. The standard InChI is InChI=1S/C21H21F3N4O2/c1-14(12-28(2)13-15-6-4-3-5-7-15)25-19(29)17-10-8-16(9-11-17)18-26-20(30-27-18)21(22,23)24/h3-11,14H,12-13H2,1-2H3,(H,25,29). The number of carbonyl (C=O) groups excluding carboxylic acids is 1. The first-order valence-corrected chi connectivity index (χ1v) is 9.27. The van der Waals surface area contributed by atoms with Crippen molar-refractivity contribution in [3.05, 3.63) is 71.6 Å². The number of aromatic nitrogens is 2. The van der Waals surface area contributed by atoms with Gasteiger partial charge in [0.15, 0.2) is 0 Å². The highest BCUT2D eigenvalue weighted by atomic mass is 19.4. The number of nitrogens with zero attached hydrogens (tertiary/aromatic N) is 3. The zero-order valence-electron chi connectivity index (χ0n) is 16.5. The van der Waals surface area contributed by atoms with Gasteiger partial charge in [0.05, 0.1) is 0 Å². The third kappa shape index (κ3) is 5.66. The highest BCUT2D eigenvalue weighted by Crippen LogP contribution is 2.29. The summed E-state index contributed by atoms with van der Waals surface area (Å²) in [7, 11) is 1.98. The van der Waals surface area contributed by atoms with Gasteiger partial charge in [0, 0.05) is 30.3 Å². The summed E-state index contributed by atoms with van der Waals surface area (Å²) in [5.74, 6) is -1.87. The van der Waals surface area contributed by atoms with Crippen LogP contribution in [0.15, 0.2) is 59.1 Å². The van der Waals surface area contributed by atoms with Crippen molar-refractivity contribution in [2.24, 2.45) is 0 Å². The topological polar surface area (TPSA) is 71.3 Å². The number of amides is 1. The second-order valence-corrected chi connectivity index (χ2v) is 7.06. The molecule has 1 aromatic heterocycles. The lowest BCUT2D eigenvalue weighted by molar-refractivity contribution is -0.159. The third-order valence-corrected chi connectivity index (χ3v) is 4.33. The van der Waals surface area contributed by atoms with E-state index in [2.05, 4.69) is 24.9 Å². The maximum atomic E-state index is 12.6. The van der Waals surface area contributed by atoms with E-state index in [0.717, 1.165) is 6.54 Å². The molecular weight excluding hydrogens is 397 g/mol. The largest absolute Gasteiger partial charge is 0.471 e. The van der Waals surface area contributed by atoms with Crippen molar-refractivity contribution in [3.8, 4) is 11.4 Å². The summed E-state index contributed by atoms with van der Waals surface area (Å²) in [6, 6.07) is 15.9. The SMILES string of the molecule is CC(CN(C)Cc1ccccc1)NC(=O)c1ccc(-c2noc(C(F)(F)F)n2)cc1. The van der Waals surface area contributed by atoms with Gasteiger partial charge >= 0.3 is 12.1 Å². The molecule has 2 aromatic carbocycles. The number of nitrogens with one attached hydrogen (secondary N) is 1. The number of rotatable bonds is 7. The Morgan fingerprint density at radius 2 is 1.80 bits per heavy atom. The molecule has 1 N–H and O–H groups in total. The molecule has 0 aliphatic heterocycles. The highest BCUT2D eigenvalue weighted by molar-refractivity contribution is 5.94. The van der Waals surface area contributed by atoms with Crippen molar-refractivity contribution in [1.82, 2.24) is 20.4 Å². The number of likely N-dealkylation sites (N-methyl/N-ethyl adjacent to an activating group) is 1. The van der Waals surface area contributed by atoms with Crippen LogP contribution in [0.4, 0.5) is 13.2 Å². The van der Waals surface area contributed by atoms with Crippen molar-refractivity contribution in [2.45, 2.75) is 25.7 Å². The van der Waals surface area contributed by atoms with E-state index in [9.17, 15) is 18.0 Å². The molecule has 3 aromatic rings. The first kappa shape index (κ1) is 21.5. The average molecular weight is 418 g/mol. The van der Waals surface area contributed by atoms with Gasteiger partial charge in [0.25, 0.3) is 5.91 Å². The summed E-state index contributed by atoms with van der Waals surface area (Å²) in [5, 5.41) is 6.25. The number of benzene rings is 2. The molecule has 6 nitrogen and oxygen atoms in total. The number of alkyl halides is 3. The summed E-state index contributed by atoms with van der Waals surface area (Å²) in [6.07, 6.45) is -4.70. The minimum absolute atomic E-state index is 0.0996. The fraction of sp³-hybridized carbons (Fsp3) is 0.286. The van der Waals surface area contributed by atoms with Crippen LogP contribution in [-0.4, -0.2) is 40.6 Å². The van der Waals surface area contributed by atoms with Gasteiger partial charge in [0.1, 0.15) is 0 Å². The molecule has 1 amide bonds. The maximum Gasteiger partial charge on any atom is 0.471 e. The Labute approximate surface area is 171 Å². The van der Waals surface area contributed by atoms with Gasteiger partial charge in [-0.3, -0.25) is 4.79 Å². The molecule has 3 rings (SSSR count). The van der Waals surface area contributed by atoms with Gasteiger partial charge in [-0.1, -0.05) is 47.6 Å². The second kappa shape index (κ2) is 9.08. The van der Waals surface area contributed by atoms with Gasteiger partial charge in [-0.25, -0.2) is 0 Å². The molecule has 1 heterocycles. The molecule has 9 heteroatoms. The third-order valence-electron chi connectivity index (χ3n) is 4.33. The summed E-state index contributed by atoms with van der Waals surface area (Å²) in [5.41, 5.74) is 1.89. The number of hydrogen-bond acceptors (Lipinski definition) is 5. The van der Waals surface area contributed by atoms with E-state index in [-0.39, 0.29) is 17.8 Å². The number of hydrogen-bond donors (Lipinski definition) is 1. The molecule has 0 saturated heterocycles. The number of halogens is 3. The summed E-state index contributed by atoms with van der Waals surface area (Å²) >= 11 is 0. The van der Waals surface area contributed by atoms with Crippen LogP contribution in [0, 0.1) is 0 Å².